The van der Waals surface area contributed by atoms with E-state index in [1.165, 1.54) is 19.9 Å². The van der Waals surface area contributed by atoms with Gasteiger partial charge in [0.2, 0.25) is 0 Å². The highest BCUT2D eigenvalue weighted by Gasteiger charge is 2.23. The maximum absolute atomic E-state index is 10.7. The van der Waals surface area contributed by atoms with Crippen LogP contribution in [0.25, 0.3) is 0 Å². The van der Waals surface area contributed by atoms with Gasteiger partial charge in [0, 0.05) is 0 Å². The van der Waals surface area contributed by atoms with Crippen molar-refractivity contribution in [3.8, 4) is 0 Å². The molecule has 2 atom stereocenters. The fraction of sp³-hybridized carbons (Fsp3) is 0.500. The highest BCUT2D eigenvalue weighted by Crippen LogP contribution is 2.07. The Hall–Kier alpha value is -0.960. The average Bonchev–Trinajstić information content (AvgIpc) is 1.88. The van der Waals surface area contributed by atoms with Crippen LogP contribution in [0.1, 0.15) is 13.8 Å². The predicted octanol–water partition coefficient (Wildman–Crippen LogP) is 0.327. The van der Waals surface area contributed by atoms with Crippen LogP contribution in [0.2, 0.25) is 0 Å². The number of Topliss-reactive ketones (excluding diaryl/α,β-unsaturated/α-hetero) is 2. The zero-order valence-electron chi connectivity index (χ0n) is 6.70. The van der Waals surface area contributed by atoms with E-state index in [1.54, 1.807) is 0 Å². The highest BCUT2D eigenvalue weighted by molar-refractivity contribution is 5.90. The molecule has 11 heavy (non-hydrogen) atoms. The minimum atomic E-state index is -1.23. The van der Waals surface area contributed by atoms with Crippen molar-refractivity contribution in [3.63, 3.8) is 0 Å². The number of aliphatic hydroxyl groups is 1. The SMILES string of the molecule is C=CC(C(C)=O)C(O)C(C)=O. The second-order valence-corrected chi connectivity index (χ2v) is 2.43. The number of hydrogen-bond acceptors (Lipinski definition) is 3. The third-order valence-electron chi connectivity index (χ3n) is 1.48. The van der Waals surface area contributed by atoms with Gasteiger partial charge in [-0.05, 0) is 13.8 Å². The van der Waals surface area contributed by atoms with E-state index < -0.39 is 17.8 Å². The lowest BCUT2D eigenvalue weighted by Crippen LogP contribution is -2.30. The largest absolute Gasteiger partial charge is 0.384 e. The molecule has 62 valence electrons. The van der Waals surface area contributed by atoms with E-state index in [9.17, 15) is 9.59 Å². The molecule has 3 nitrogen and oxygen atoms in total. The summed E-state index contributed by atoms with van der Waals surface area (Å²) in [5.41, 5.74) is 0. The Kier molecular flexibility index (Phi) is 3.68. The molecule has 0 amide bonds. The van der Waals surface area contributed by atoms with Gasteiger partial charge in [-0.2, -0.15) is 0 Å². The number of aliphatic hydroxyl groups excluding tert-OH is 1. The van der Waals surface area contributed by atoms with E-state index in [0.717, 1.165) is 0 Å². The summed E-state index contributed by atoms with van der Waals surface area (Å²) in [6.45, 7) is 5.91. The zero-order valence-corrected chi connectivity index (χ0v) is 6.70. The molecule has 0 radical (unpaired) electrons. The fourth-order valence-electron chi connectivity index (χ4n) is 0.770. The lowest BCUT2D eigenvalue weighted by molar-refractivity contribution is -0.133. The number of carbonyl (C=O) groups excluding carboxylic acids is 2. The van der Waals surface area contributed by atoms with Gasteiger partial charge in [-0.15, -0.1) is 6.58 Å². The Labute approximate surface area is 65.7 Å². The quantitative estimate of drug-likeness (QED) is 0.597. The lowest BCUT2D eigenvalue weighted by Gasteiger charge is -2.12. The van der Waals surface area contributed by atoms with Gasteiger partial charge in [0.05, 0.1) is 5.92 Å². The van der Waals surface area contributed by atoms with Crippen LogP contribution in [0.3, 0.4) is 0 Å². The Morgan fingerprint density at radius 3 is 1.91 bits per heavy atom. The molecule has 0 saturated heterocycles. The van der Waals surface area contributed by atoms with Crippen LogP contribution in [-0.2, 0) is 9.59 Å². The van der Waals surface area contributed by atoms with Gasteiger partial charge >= 0.3 is 0 Å². The van der Waals surface area contributed by atoms with Gasteiger partial charge in [-0.3, -0.25) is 9.59 Å². The second kappa shape index (κ2) is 4.03. The Balaban J connectivity index is 4.37. The molecule has 0 aromatic rings. The maximum atomic E-state index is 10.7. The molecule has 0 aromatic carbocycles. The molecular formula is C8H12O3. The molecule has 0 aromatic heterocycles. The third kappa shape index (κ3) is 2.63. The minimum Gasteiger partial charge on any atom is -0.384 e. The highest BCUT2D eigenvalue weighted by atomic mass is 16.3. The molecule has 0 aliphatic carbocycles. The summed E-state index contributed by atoms with van der Waals surface area (Å²) in [6, 6.07) is 0. The Morgan fingerprint density at radius 2 is 1.82 bits per heavy atom. The van der Waals surface area contributed by atoms with E-state index in [-0.39, 0.29) is 5.78 Å². The molecule has 0 aliphatic heterocycles. The standard InChI is InChI=1S/C8H12O3/c1-4-7(5(2)9)8(11)6(3)10/h4,7-8,11H,1H2,2-3H3. The summed E-state index contributed by atoms with van der Waals surface area (Å²) in [5, 5.41) is 9.12. The van der Waals surface area contributed by atoms with Gasteiger partial charge < -0.3 is 5.11 Å². The minimum absolute atomic E-state index is 0.247. The molecule has 3 heteroatoms. The zero-order chi connectivity index (χ0) is 9.02. The van der Waals surface area contributed by atoms with Crippen LogP contribution in [0, 0.1) is 5.92 Å². The fourth-order valence-corrected chi connectivity index (χ4v) is 0.770. The van der Waals surface area contributed by atoms with E-state index >= 15 is 0 Å². The molecule has 0 aliphatic rings. The average molecular weight is 156 g/mol. The van der Waals surface area contributed by atoms with Crippen LogP contribution in [0.5, 0.6) is 0 Å². The molecule has 0 rings (SSSR count). The summed E-state index contributed by atoms with van der Waals surface area (Å²) in [5.74, 6) is -1.42. The number of carbonyl (C=O) groups is 2. The summed E-state index contributed by atoms with van der Waals surface area (Å²) in [4.78, 5) is 21.3. The van der Waals surface area contributed by atoms with E-state index in [2.05, 4.69) is 6.58 Å². The van der Waals surface area contributed by atoms with Gasteiger partial charge in [0.25, 0.3) is 0 Å². The first kappa shape index (κ1) is 10.0. The lowest BCUT2D eigenvalue weighted by atomic mass is 9.96. The molecule has 0 saturated carbocycles. The van der Waals surface area contributed by atoms with Crippen molar-refractivity contribution in [2.75, 3.05) is 0 Å². The normalized spacial score (nSPS) is 15.2. The monoisotopic (exact) mass is 156 g/mol. The first-order valence-electron chi connectivity index (χ1n) is 3.32. The van der Waals surface area contributed by atoms with Crippen LogP contribution in [0.4, 0.5) is 0 Å². The van der Waals surface area contributed by atoms with Crippen LogP contribution >= 0.6 is 0 Å². The predicted molar refractivity (Wildman–Crippen MR) is 41.1 cm³/mol. The van der Waals surface area contributed by atoms with Gasteiger partial charge in [0.1, 0.15) is 11.9 Å². The molecular weight excluding hydrogens is 144 g/mol. The van der Waals surface area contributed by atoms with Crippen LogP contribution in [-0.4, -0.2) is 22.8 Å². The number of rotatable bonds is 4. The molecule has 0 fully saturated rings. The topological polar surface area (TPSA) is 54.4 Å². The van der Waals surface area contributed by atoms with E-state index in [0.29, 0.717) is 0 Å². The van der Waals surface area contributed by atoms with Crippen molar-refractivity contribution >= 4 is 11.6 Å². The third-order valence-corrected chi connectivity index (χ3v) is 1.48. The summed E-state index contributed by atoms with van der Waals surface area (Å²) in [6.07, 6.45) is 0.0546. The molecule has 0 bridgehead atoms. The van der Waals surface area contributed by atoms with Crippen molar-refractivity contribution < 1.29 is 14.7 Å². The van der Waals surface area contributed by atoms with Crippen molar-refractivity contribution in [1.82, 2.24) is 0 Å². The van der Waals surface area contributed by atoms with Crippen molar-refractivity contribution in [3.05, 3.63) is 12.7 Å². The summed E-state index contributed by atoms with van der Waals surface area (Å²) < 4.78 is 0. The Morgan fingerprint density at radius 1 is 1.36 bits per heavy atom. The van der Waals surface area contributed by atoms with Crippen LogP contribution < -0.4 is 0 Å². The van der Waals surface area contributed by atoms with Gasteiger partial charge in [-0.25, -0.2) is 0 Å². The smallest absolute Gasteiger partial charge is 0.159 e. The first-order chi connectivity index (χ1) is 5.00. The van der Waals surface area contributed by atoms with E-state index in [1.807, 2.05) is 0 Å². The molecule has 0 spiro atoms. The molecule has 0 heterocycles. The number of hydrogen-bond donors (Lipinski definition) is 1. The van der Waals surface area contributed by atoms with Gasteiger partial charge in [0.15, 0.2) is 5.78 Å². The van der Waals surface area contributed by atoms with E-state index in [4.69, 9.17) is 5.11 Å². The number of ketones is 2. The summed E-state index contributed by atoms with van der Waals surface area (Å²) >= 11 is 0. The van der Waals surface area contributed by atoms with Gasteiger partial charge in [-0.1, -0.05) is 6.08 Å². The van der Waals surface area contributed by atoms with Crippen molar-refractivity contribution in [1.29, 1.82) is 0 Å². The van der Waals surface area contributed by atoms with Crippen molar-refractivity contribution in [2.24, 2.45) is 5.92 Å². The van der Waals surface area contributed by atoms with Crippen LogP contribution in [0.15, 0.2) is 12.7 Å². The molecule has 1 N–H and O–H groups in total. The molecule has 2 unspecified atom stereocenters. The maximum Gasteiger partial charge on any atom is 0.159 e. The Bertz CT molecular complexity index is 184. The first-order valence-corrected chi connectivity index (χ1v) is 3.32. The second-order valence-electron chi connectivity index (χ2n) is 2.43. The van der Waals surface area contributed by atoms with Crippen molar-refractivity contribution in [2.45, 2.75) is 20.0 Å². The summed E-state index contributed by atoms with van der Waals surface area (Å²) in [7, 11) is 0.